The average molecular weight is 292 g/mol. The van der Waals surface area contributed by atoms with Crippen molar-refractivity contribution in [1.82, 2.24) is 10.2 Å². The lowest BCUT2D eigenvalue weighted by molar-refractivity contribution is 0.228. The van der Waals surface area contributed by atoms with Crippen LogP contribution in [0.3, 0.4) is 0 Å². The van der Waals surface area contributed by atoms with E-state index >= 15 is 0 Å². The zero-order valence-electron chi connectivity index (χ0n) is 14.2. The zero-order chi connectivity index (χ0) is 15.5. The summed E-state index contributed by atoms with van der Waals surface area (Å²) in [6.07, 6.45) is 2.40. The lowest BCUT2D eigenvalue weighted by Gasteiger charge is -2.19. The number of ether oxygens (including phenoxy) is 1. The molecule has 0 fully saturated rings. The number of para-hydroxylation sites is 1. The Morgan fingerprint density at radius 2 is 1.95 bits per heavy atom. The second-order valence-corrected chi connectivity index (χ2v) is 6.12. The van der Waals surface area contributed by atoms with Crippen LogP contribution in [0.5, 0.6) is 5.75 Å². The molecule has 0 aliphatic heterocycles. The van der Waals surface area contributed by atoms with Gasteiger partial charge < -0.3 is 15.0 Å². The Morgan fingerprint density at radius 1 is 1.19 bits per heavy atom. The van der Waals surface area contributed by atoms with Gasteiger partial charge in [-0.05, 0) is 45.0 Å². The molecular weight excluding hydrogens is 260 g/mol. The largest absolute Gasteiger partial charge is 0.492 e. The predicted molar refractivity (Wildman–Crippen MR) is 90.9 cm³/mol. The van der Waals surface area contributed by atoms with Crippen molar-refractivity contribution in [1.29, 1.82) is 0 Å². The normalized spacial score (nSPS) is 11.3. The molecule has 120 valence electrons. The topological polar surface area (TPSA) is 24.5 Å². The summed E-state index contributed by atoms with van der Waals surface area (Å²) in [5, 5.41) is 3.43. The van der Waals surface area contributed by atoms with E-state index in [0.29, 0.717) is 0 Å². The summed E-state index contributed by atoms with van der Waals surface area (Å²) in [6, 6.07) is 8.32. The minimum Gasteiger partial charge on any atom is -0.492 e. The first-order valence-electron chi connectivity index (χ1n) is 8.23. The van der Waals surface area contributed by atoms with Gasteiger partial charge in [-0.2, -0.15) is 0 Å². The molecule has 21 heavy (non-hydrogen) atoms. The highest BCUT2D eigenvalue weighted by atomic mass is 16.5. The summed E-state index contributed by atoms with van der Waals surface area (Å²) in [5.41, 5.74) is 1.25. The zero-order valence-corrected chi connectivity index (χ0v) is 14.2. The van der Waals surface area contributed by atoms with Gasteiger partial charge in [0, 0.05) is 18.7 Å². The van der Waals surface area contributed by atoms with Crippen LogP contribution in [0.2, 0.25) is 0 Å². The van der Waals surface area contributed by atoms with Gasteiger partial charge in [-0.3, -0.25) is 0 Å². The maximum Gasteiger partial charge on any atom is 0.123 e. The van der Waals surface area contributed by atoms with Gasteiger partial charge in [-0.25, -0.2) is 0 Å². The number of nitrogens with one attached hydrogen (secondary N) is 1. The van der Waals surface area contributed by atoms with Crippen LogP contribution in [0, 0.1) is 5.92 Å². The van der Waals surface area contributed by atoms with Crippen molar-refractivity contribution in [3.8, 4) is 5.75 Å². The third-order valence-corrected chi connectivity index (χ3v) is 3.53. The Bertz CT molecular complexity index is 379. The summed E-state index contributed by atoms with van der Waals surface area (Å²) < 4.78 is 5.96. The summed E-state index contributed by atoms with van der Waals surface area (Å²) in [7, 11) is 2.17. The molecule has 0 saturated heterocycles. The highest BCUT2D eigenvalue weighted by Crippen LogP contribution is 2.17. The summed E-state index contributed by atoms with van der Waals surface area (Å²) in [6.45, 7) is 11.5. The van der Waals surface area contributed by atoms with E-state index in [-0.39, 0.29) is 0 Å². The molecule has 1 N–H and O–H groups in total. The van der Waals surface area contributed by atoms with E-state index < -0.39 is 0 Å². The number of nitrogens with zero attached hydrogens (tertiary/aromatic N) is 1. The lowest BCUT2D eigenvalue weighted by atomic mass is 10.1. The van der Waals surface area contributed by atoms with E-state index in [1.165, 1.54) is 12.0 Å². The van der Waals surface area contributed by atoms with Gasteiger partial charge >= 0.3 is 0 Å². The van der Waals surface area contributed by atoms with Gasteiger partial charge in [0.25, 0.3) is 0 Å². The maximum atomic E-state index is 5.96. The monoisotopic (exact) mass is 292 g/mol. The first-order valence-corrected chi connectivity index (χ1v) is 8.23. The van der Waals surface area contributed by atoms with E-state index in [1.807, 2.05) is 6.07 Å². The number of benzene rings is 1. The molecule has 0 bridgehead atoms. The first-order chi connectivity index (χ1) is 10.1. The van der Waals surface area contributed by atoms with E-state index in [0.717, 1.165) is 50.9 Å². The van der Waals surface area contributed by atoms with E-state index in [4.69, 9.17) is 4.74 Å². The molecule has 0 radical (unpaired) electrons. The van der Waals surface area contributed by atoms with Crippen LogP contribution in [-0.2, 0) is 6.54 Å². The van der Waals surface area contributed by atoms with Crippen LogP contribution in [0.25, 0.3) is 0 Å². The SMILES string of the molecule is CCCNCc1ccccc1OCCN(C)CCC(C)C. The molecule has 0 atom stereocenters. The Labute approximate surface area is 130 Å². The van der Waals surface area contributed by atoms with Crippen molar-refractivity contribution in [2.45, 2.75) is 40.2 Å². The maximum absolute atomic E-state index is 5.96. The third-order valence-electron chi connectivity index (χ3n) is 3.53. The van der Waals surface area contributed by atoms with Gasteiger partial charge in [0.1, 0.15) is 12.4 Å². The Balaban J connectivity index is 2.33. The summed E-state index contributed by atoms with van der Waals surface area (Å²) in [5.74, 6) is 1.78. The highest BCUT2D eigenvalue weighted by Gasteiger charge is 2.04. The van der Waals surface area contributed by atoms with Crippen molar-refractivity contribution >= 4 is 0 Å². The quantitative estimate of drug-likeness (QED) is 0.631. The van der Waals surface area contributed by atoms with Crippen LogP contribution >= 0.6 is 0 Å². The number of rotatable bonds is 11. The third kappa shape index (κ3) is 8.08. The van der Waals surface area contributed by atoms with Gasteiger partial charge in [-0.1, -0.05) is 39.0 Å². The van der Waals surface area contributed by atoms with Crippen molar-refractivity contribution in [3.05, 3.63) is 29.8 Å². The average Bonchev–Trinajstić information content (AvgIpc) is 2.47. The van der Waals surface area contributed by atoms with Crippen LogP contribution < -0.4 is 10.1 Å². The number of hydrogen-bond acceptors (Lipinski definition) is 3. The molecular formula is C18H32N2O. The van der Waals surface area contributed by atoms with Gasteiger partial charge in [0.15, 0.2) is 0 Å². The molecule has 0 aliphatic carbocycles. The molecule has 0 spiro atoms. The molecule has 0 aromatic heterocycles. The first kappa shape index (κ1) is 18.0. The summed E-state index contributed by atoms with van der Waals surface area (Å²) in [4.78, 5) is 2.35. The smallest absolute Gasteiger partial charge is 0.123 e. The molecule has 3 nitrogen and oxygen atoms in total. The van der Waals surface area contributed by atoms with Crippen molar-refractivity contribution < 1.29 is 4.74 Å². The molecule has 0 unspecified atom stereocenters. The second-order valence-electron chi connectivity index (χ2n) is 6.12. The molecule has 0 heterocycles. The second kappa shape index (κ2) is 10.6. The van der Waals surface area contributed by atoms with Crippen LogP contribution in [0.1, 0.15) is 39.2 Å². The minimum atomic E-state index is 0.749. The highest BCUT2D eigenvalue weighted by molar-refractivity contribution is 5.33. The van der Waals surface area contributed by atoms with Crippen molar-refractivity contribution in [2.75, 3.05) is 33.3 Å². The number of likely N-dealkylation sites (N-methyl/N-ethyl adjacent to an activating group) is 1. The van der Waals surface area contributed by atoms with E-state index in [1.54, 1.807) is 0 Å². The Morgan fingerprint density at radius 3 is 2.67 bits per heavy atom. The fraction of sp³-hybridized carbons (Fsp3) is 0.667. The van der Waals surface area contributed by atoms with Gasteiger partial charge in [0.05, 0.1) is 0 Å². The Kier molecular flexibility index (Phi) is 9.11. The van der Waals surface area contributed by atoms with Crippen LogP contribution in [0.15, 0.2) is 24.3 Å². The van der Waals surface area contributed by atoms with Crippen LogP contribution in [-0.4, -0.2) is 38.2 Å². The van der Waals surface area contributed by atoms with Gasteiger partial charge in [-0.15, -0.1) is 0 Å². The van der Waals surface area contributed by atoms with E-state index in [9.17, 15) is 0 Å². The van der Waals surface area contributed by atoms with Crippen molar-refractivity contribution in [3.63, 3.8) is 0 Å². The molecule has 0 aliphatic rings. The molecule has 1 rings (SSSR count). The summed E-state index contributed by atoms with van der Waals surface area (Å²) >= 11 is 0. The molecule has 1 aromatic carbocycles. The fourth-order valence-electron chi connectivity index (χ4n) is 2.09. The van der Waals surface area contributed by atoms with Crippen molar-refractivity contribution in [2.24, 2.45) is 5.92 Å². The predicted octanol–water partition coefficient (Wildman–Crippen LogP) is 3.54. The molecule has 3 heteroatoms. The van der Waals surface area contributed by atoms with E-state index in [2.05, 4.69) is 56.2 Å². The standard InChI is InChI=1S/C18H32N2O/c1-5-11-19-15-17-8-6-7-9-18(17)21-14-13-20(4)12-10-16(2)3/h6-9,16,19H,5,10-15H2,1-4H3. The Hall–Kier alpha value is -1.06. The molecule has 0 saturated carbocycles. The lowest BCUT2D eigenvalue weighted by Crippen LogP contribution is -2.26. The van der Waals surface area contributed by atoms with Gasteiger partial charge in [0.2, 0.25) is 0 Å². The molecule has 1 aromatic rings. The number of hydrogen-bond donors (Lipinski definition) is 1. The fourth-order valence-corrected chi connectivity index (χ4v) is 2.09. The van der Waals surface area contributed by atoms with Crippen LogP contribution in [0.4, 0.5) is 0 Å². The molecule has 0 amide bonds. The minimum absolute atomic E-state index is 0.749.